The largest absolute Gasteiger partial charge is 0.273 e. The average Bonchev–Trinajstić information content (AvgIpc) is 3.39. The molecule has 2 aromatic carbocycles. The van der Waals surface area contributed by atoms with E-state index in [0.29, 0.717) is 22.7 Å². The van der Waals surface area contributed by atoms with Crippen LogP contribution in [-0.4, -0.2) is 31.4 Å². The van der Waals surface area contributed by atoms with Gasteiger partial charge in [0.05, 0.1) is 13.1 Å². The Morgan fingerprint density at radius 1 is 0.694 bits per heavy atom. The van der Waals surface area contributed by atoms with Crippen molar-refractivity contribution in [3.63, 3.8) is 0 Å². The molecule has 4 aromatic rings. The highest BCUT2D eigenvalue weighted by molar-refractivity contribution is 8.00. The maximum atomic E-state index is 11.8. The molecule has 0 aliphatic carbocycles. The van der Waals surface area contributed by atoms with Gasteiger partial charge in [-0.2, -0.15) is 20.2 Å². The van der Waals surface area contributed by atoms with Gasteiger partial charge in [-0.25, -0.2) is 9.36 Å². The molecular weight excluding hydrogens is 533 g/mol. The first-order valence-corrected chi connectivity index (χ1v) is 14.7. The van der Waals surface area contributed by atoms with Crippen molar-refractivity contribution in [3.05, 3.63) is 80.4 Å². The Labute approximate surface area is 223 Å². The van der Waals surface area contributed by atoms with Crippen molar-refractivity contribution < 1.29 is 9.59 Å². The van der Waals surface area contributed by atoms with Crippen LogP contribution in [0, 0.1) is 0 Å². The summed E-state index contributed by atoms with van der Waals surface area (Å²) in [4.78, 5) is 33.3. The summed E-state index contributed by atoms with van der Waals surface area (Å²) in [6.45, 7) is 3.82. The number of carbonyl (C=O) groups excluding carboxylic acids is 2. The molecule has 0 unspecified atom stereocenters. The van der Waals surface area contributed by atoms with Gasteiger partial charge in [0.2, 0.25) is 21.4 Å². The minimum absolute atomic E-state index is 0.258. The van der Waals surface area contributed by atoms with E-state index in [4.69, 9.17) is 10.2 Å². The van der Waals surface area contributed by atoms with Crippen molar-refractivity contribution >= 4 is 58.0 Å². The molecule has 2 aromatic heterocycles. The zero-order valence-corrected chi connectivity index (χ0v) is 22.8. The Balaban J connectivity index is 1.65. The van der Waals surface area contributed by atoms with E-state index >= 15 is 0 Å². The Kier molecular flexibility index (Phi) is 7.65. The summed E-state index contributed by atoms with van der Waals surface area (Å²) >= 11 is 6.14. The highest BCUT2D eigenvalue weighted by atomic mass is 32.2. The summed E-state index contributed by atoms with van der Waals surface area (Å²) in [6.07, 6.45) is 0. The number of amides is 2. The number of fused-ring (bicyclic) bond motifs is 6. The first kappa shape index (κ1) is 24.9. The van der Waals surface area contributed by atoms with Crippen LogP contribution >= 0.6 is 46.2 Å². The van der Waals surface area contributed by atoms with Gasteiger partial charge in [-0.15, -0.1) is 0 Å². The Morgan fingerprint density at radius 3 is 1.47 bits per heavy atom. The lowest BCUT2D eigenvalue weighted by Crippen LogP contribution is -2.22. The SMILES string of the molecule is CC(=O)N=c1sc2nn1Cc1ccccc1Cn1nc(sc1=NC(C)=O)SCc1ccccc1CS2. The Hall–Kier alpha value is -2.80. The van der Waals surface area contributed by atoms with E-state index in [2.05, 4.69) is 22.1 Å². The minimum atomic E-state index is -0.258. The van der Waals surface area contributed by atoms with Crippen molar-refractivity contribution in [2.75, 3.05) is 0 Å². The Morgan fingerprint density at radius 2 is 1.08 bits per heavy atom. The smallest absolute Gasteiger partial charge is 0.245 e. The zero-order chi connectivity index (χ0) is 25.1. The molecule has 4 bridgehead atoms. The molecule has 184 valence electrons. The van der Waals surface area contributed by atoms with Gasteiger partial charge in [0.15, 0.2) is 8.68 Å². The van der Waals surface area contributed by atoms with Crippen LogP contribution in [0.5, 0.6) is 0 Å². The van der Waals surface area contributed by atoms with Crippen molar-refractivity contribution in [3.8, 4) is 0 Å². The molecule has 36 heavy (non-hydrogen) atoms. The molecule has 0 radical (unpaired) electrons. The van der Waals surface area contributed by atoms with Gasteiger partial charge in [0, 0.05) is 25.4 Å². The topological polar surface area (TPSA) is 94.5 Å². The number of rotatable bonds is 0. The van der Waals surface area contributed by atoms with E-state index in [1.54, 1.807) is 32.9 Å². The van der Waals surface area contributed by atoms with Crippen molar-refractivity contribution in [2.24, 2.45) is 9.98 Å². The minimum Gasteiger partial charge on any atom is -0.273 e. The summed E-state index contributed by atoms with van der Waals surface area (Å²) in [5.41, 5.74) is 4.50. The van der Waals surface area contributed by atoms with Crippen LogP contribution in [0.1, 0.15) is 36.1 Å². The maximum Gasteiger partial charge on any atom is 0.245 e. The fraction of sp³-hybridized carbons (Fsp3) is 0.250. The third kappa shape index (κ3) is 5.94. The van der Waals surface area contributed by atoms with E-state index in [1.807, 2.05) is 36.4 Å². The van der Waals surface area contributed by atoms with E-state index in [1.165, 1.54) is 47.6 Å². The van der Waals surface area contributed by atoms with E-state index in [-0.39, 0.29) is 11.8 Å². The molecule has 0 N–H and O–H groups in total. The van der Waals surface area contributed by atoms with Gasteiger partial charge in [0.25, 0.3) is 0 Å². The van der Waals surface area contributed by atoms with Gasteiger partial charge >= 0.3 is 0 Å². The van der Waals surface area contributed by atoms with Crippen molar-refractivity contribution in [2.45, 2.75) is 47.1 Å². The van der Waals surface area contributed by atoms with Gasteiger partial charge in [-0.05, 0) is 22.3 Å². The monoisotopic (exact) mass is 554 g/mol. The van der Waals surface area contributed by atoms with Crippen molar-refractivity contribution in [1.82, 2.24) is 19.6 Å². The first-order chi connectivity index (χ1) is 17.4. The van der Waals surface area contributed by atoms with Crippen LogP contribution in [0.25, 0.3) is 0 Å². The molecule has 0 saturated carbocycles. The molecular formula is C24H22N6O2S4. The lowest BCUT2D eigenvalue weighted by atomic mass is 10.1. The quantitative estimate of drug-likeness (QED) is 0.325. The van der Waals surface area contributed by atoms with Crippen LogP contribution in [0.4, 0.5) is 0 Å². The summed E-state index contributed by atoms with van der Waals surface area (Å²) < 4.78 is 5.31. The van der Waals surface area contributed by atoms with Crippen LogP contribution in [0.3, 0.4) is 0 Å². The molecule has 0 spiro atoms. The predicted molar refractivity (Wildman–Crippen MR) is 143 cm³/mol. The maximum absolute atomic E-state index is 11.8. The summed E-state index contributed by atoms with van der Waals surface area (Å²) in [5.74, 6) is 0.991. The van der Waals surface area contributed by atoms with Gasteiger partial charge in [0.1, 0.15) is 0 Å². The summed E-state index contributed by atoms with van der Waals surface area (Å²) in [5, 5.41) is 9.60. The normalized spacial score (nSPS) is 14.8. The van der Waals surface area contributed by atoms with Gasteiger partial charge < -0.3 is 0 Å². The van der Waals surface area contributed by atoms with E-state index in [9.17, 15) is 9.59 Å². The highest BCUT2D eigenvalue weighted by Gasteiger charge is 2.15. The number of carbonyl (C=O) groups is 2. The van der Waals surface area contributed by atoms with Crippen LogP contribution in [-0.2, 0) is 34.2 Å². The number of aromatic nitrogens is 4. The average molecular weight is 555 g/mol. The predicted octanol–water partition coefficient (Wildman–Crippen LogP) is 4.09. The van der Waals surface area contributed by atoms with E-state index in [0.717, 1.165) is 31.3 Å². The molecule has 3 heterocycles. The van der Waals surface area contributed by atoms with Crippen LogP contribution < -0.4 is 9.60 Å². The molecule has 0 fully saturated rings. The lowest BCUT2D eigenvalue weighted by molar-refractivity contribution is -0.116. The third-order valence-electron chi connectivity index (χ3n) is 5.29. The molecule has 1 aliphatic heterocycles. The fourth-order valence-corrected chi connectivity index (χ4v) is 7.71. The summed E-state index contributed by atoms with van der Waals surface area (Å²) in [7, 11) is 0. The molecule has 8 nitrogen and oxygen atoms in total. The summed E-state index contributed by atoms with van der Waals surface area (Å²) in [6, 6.07) is 16.4. The van der Waals surface area contributed by atoms with Crippen molar-refractivity contribution in [1.29, 1.82) is 0 Å². The number of benzene rings is 2. The molecule has 0 saturated heterocycles. The number of hydrogen-bond acceptors (Lipinski definition) is 8. The lowest BCUT2D eigenvalue weighted by Gasteiger charge is -2.10. The highest BCUT2D eigenvalue weighted by Crippen LogP contribution is 2.29. The number of thioether (sulfide) groups is 2. The second kappa shape index (κ2) is 11.1. The third-order valence-corrected chi connectivity index (χ3v) is 9.55. The molecule has 0 atom stereocenters. The zero-order valence-electron chi connectivity index (χ0n) is 19.6. The first-order valence-electron chi connectivity index (χ1n) is 11.1. The van der Waals surface area contributed by atoms with E-state index < -0.39 is 0 Å². The second-order valence-electron chi connectivity index (χ2n) is 7.99. The molecule has 2 amide bonds. The second-order valence-corrected chi connectivity index (χ2v) is 12.3. The van der Waals surface area contributed by atoms with Gasteiger partial charge in [-0.3, -0.25) is 9.59 Å². The van der Waals surface area contributed by atoms with Gasteiger partial charge in [-0.1, -0.05) is 94.7 Å². The Bertz CT molecular complexity index is 1460. The van der Waals surface area contributed by atoms with Crippen LogP contribution in [0.15, 0.2) is 67.2 Å². The number of hydrogen-bond donors (Lipinski definition) is 0. The number of nitrogens with zero attached hydrogens (tertiary/aromatic N) is 6. The molecule has 12 heteroatoms. The van der Waals surface area contributed by atoms with Crippen LogP contribution in [0.2, 0.25) is 0 Å². The standard InChI is InChI=1S/C24H22N6O2S4/c1-15(31)25-21-29-11-17-7-3-4-8-18(17)12-30-22(26-16(2)32)36-24(28-30)34-14-20-10-6-5-9-19(20)13-33-23(27-29)35-21/h3-10H,11-14H2,1-2H3. The molecule has 5 rings (SSSR count). The molecule has 1 aliphatic rings. The fourth-order valence-electron chi connectivity index (χ4n) is 3.64.